The minimum Gasteiger partial charge on any atom is -0.435 e. The van der Waals surface area contributed by atoms with Crippen LogP contribution < -0.4 is 15.4 Å². The van der Waals surface area contributed by atoms with Crippen LogP contribution in [0, 0.1) is 6.92 Å². The molecule has 1 amide bonds. The number of carbonyl (C=O) groups is 1. The van der Waals surface area contributed by atoms with E-state index >= 15 is 0 Å². The number of hydrogen-bond acceptors (Lipinski definition) is 5. The lowest BCUT2D eigenvalue weighted by Gasteiger charge is -2.07. The van der Waals surface area contributed by atoms with Gasteiger partial charge in [0.15, 0.2) is 5.69 Å². The number of benzene rings is 1. The summed E-state index contributed by atoms with van der Waals surface area (Å²) >= 11 is 0. The van der Waals surface area contributed by atoms with Gasteiger partial charge in [-0.1, -0.05) is 5.21 Å². The Morgan fingerprint density at radius 1 is 1.30 bits per heavy atom. The maximum absolute atomic E-state index is 12.1. The highest BCUT2D eigenvalue weighted by Crippen LogP contribution is 2.18. The van der Waals surface area contributed by atoms with Crippen LogP contribution in [0.25, 0.3) is 5.69 Å². The van der Waals surface area contributed by atoms with E-state index in [-0.39, 0.29) is 17.4 Å². The second-order valence-corrected chi connectivity index (χ2v) is 4.67. The second kappa shape index (κ2) is 7.63. The topological polar surface area (TPSA) is 81.1 Å². The smallest absolute Gasteiger partial charge is 0.387 e. The zero-order valence-electron chi connectivity index (χ0n) is 12.7. The van der Waals surface area contributed by atoms with Crippen molar-refractivity contribution in [2.45, 2.75) is 13.5 Å². The highest BCUT2D eigenvalue weighted by atomic mass is 19.3. The fraction of sp³-hybridized carbons (Fsp3) is 0.357. The number of likely N-dealkylation sites (N-methyl/N-ethyl adjacent to an activating group) is 1. The van der Waals surface area contributed by atoms with Gasteiger partial charge in [0.05, 0.1) is 11.4 Å². The van der Waals surface area contributed by atoms with Gasteiger partial charge in [-0.3, -0.25) is 4.79 Å². The Balaban J connectivity index is 2.13. The maximum Gasteiger partial charge on any atom is 0.387 e. The number of aromatic nitrogens is 3. The minimum absolute atomic E-state index is 0.0477. The summed E-state index contributed by atoms with van der Waals surface area (Å²) in [6.45, 7) is -0.0515. The molecule has 0 aliphatic rings. The summed E-state index contributed by atoms with van der Waals surface area (Å²) in [5, 5.41) is 13.4. The molecule has 0 bridgehead atoms. The summed E-state index contributed by atoms with van der Waals surface area (Å²) in [6, 6.07) is 5.91. The average Bonchev–Trinajstić information content (AvgIpc) is 2.89. The van der Waals surface area contributed by atoms with Gasteiger partial charge in [-0.2, -0.15) is 8.78 Å². The van der Waals surface area contributed by atoms with E-state index in [2.05, 4.69) is 25.7 Å². The highest BCUT2D eigenvalue weighted by molar-refractivity contribution is 5.93. The van der Waals surface area contributed by atoms with E-state index in [1.165, 1.54) is 16.8 Å². The zero-order valence-corrected chi connectivity index (χ0v) is 12.7. The van der Waals surface area contributed by atoms with Crippen LogP contribution in [0.4, 0.5) is 8.78 Å². The lowest BCUT2D eigenvalue weighted by molar-refractivity contribution is -0.0498. The average molecular weight is 325 g/mol. The molecule has 9 heteroatoms. The summed E-state index contributed by atoms with van der Waals surface area (Å²) in [5.74, 6) is -0.270. The number of carbonyl (C=O) groups excluding carboxylic acids is 1. The number of halogens is 2. The molecule has 124 valence electrons. The van der Waals surface area contributed by atoms with Gasteiger partial charge in [-0.15, -0.1) is 5.10 Å². The van der Waals surface area contributed by atoms with Gasteiger partial charge in [0.1, 0.15) is 5.75 Å². The molecule has 23 heavy (non-hydrogen) atoms. The molecule has 1 aromatic carbocycles. The lowest BCUT2D eigenvalue weighted by atomic mass is 10.2. The van der Waals surface area contributed by atoms with E-state index in [0.717, 1.165) is 0 Å². The van der Waals surface area contributed by atoms with Gasteiger partial charge < -0.3 is 15.4 Å². The maximum atomic E-state index is 12.1. The molecule has 0 saturated carbocycles. The summed E-state index contributed by atoms with van der Waals surface area (Å²) in [7, 11) is 1.79. The van der Waals surface area contributed by atoms with Gasteiger partial charge in [-0.05, 0) is 38.2 Å². The molecule has 7 nitrogen and oxygen atoms in total. The molecule has 1 heterocycles. The number of amides is 1. The highest BCUT2D eigenvalue weighted by Gasteiger charge is 2.17. The number of hydrogen-bond donors (Lipinski definition) is 2. The number of nitrogens with one attached hydrogen (secondary N) is 2. The zero-order chi connectivity index (χ0) is 16.8. The predicted molar refractivity (Wildman–Crippen MR) is 79.0 cm³/mol. The molecular weight excluding hydrogens is 308 g/mol. The third-order valence-electron chi connectivity index (χ3n) is 3.08. The SMILES string of the molecule is CNCCNC(=O)c1nnn(-c2ccc(OC(F)F)cc2)c1C. The normalized spacial score (nSPS) is 10.8. The first-order valence-electron chi connectivity index (χ1n) is 6.93. The molecule has 0 aliphatic heterocycles. The molecule has 1 aromatic heterocycles. The quantitative estimate of drug-likeness (QED) is 0.746. The van der Waals surface area contributed by atoms with Crippen molar-refractivity contribution < 1.29 is 18.3 Å². The molecule has 0 unspecified atom stereocenters. The fourth-order valence-corrected chi connectivity index (χ4v) is 1.94. The number of nitrogens with zero attached hydrogens (tertiary/aromatic N) is 3. The van der Waals surface area contributed by atoms with E-state index in [9.17, 15) is 13.6 Å². The van der Waals surface area contributed by atoms with E-state index in [1.807, 2.05) is 0 Å². The Morgan fingerprint density at radius 3 is 2.61 bits per heavy atom. The fourth-order valence-electron chi connectivity index (χ4n) is 1.94. The second-order valence-electron chi connectivity index (χ2n) is 4.67. The van der Waals surface area contributed by atoms with Crippen LogP contribution in [-0.2, 0) is 0 Å². The van der Waals surface area contributed by atoms with Crippen molar-refractivity contribution in [2.24, 2.45) is 0 Å². The van der Waals surface area contributed by atoms with Gasteiger partial charge in [0.2, 0.25) is 0 Å². The van der Waals surface area contributed by atoms with Crippen molar-refractivity contribution in [1.29, 1.82) is 0 Å². The summed E-state index contributed by atoms with van der Waals surface area (Å²) in [6.07, 6.45) is 0. The number of rotatable bonds is 7. The van der Waals surface area contributed by atoms with Crippen LogP contribution >= 0.6 is 0 Å². The standard InChI is InChI=1S/C14H17F2N5O2/c1-9-12(13(22)18-8-7-17-2)19-20-21(9)10-3-5-11(6-4-10)23-14(15)16/h3-6,14,17H,7-8H2,1-2H3,(H,18,22). The Kier molecular flexibility index (Phi) is 5.58. The van der Waals surface area contributed by atoms with Gasteiger partial charge >= 0.3 is 6.61 Å². The number of ether oxygens (including phenoxy) is 1. The van der Waals surface area contributed by atoms with Crippen LogP contribution in [0.15, 0.2) is 24.3 Å². The van der Waals surface area contributed by atoms with Crippen molar-refractivity contribution in [3.05, 3.63) is 35.7 Å². The molecule has 0 aliphatic carbocycles. The van der Waals surface area contributed by atoms with Crippen molar-refractivity contribution in [1.82, 2.24) is 25.6 Å². The third kappa shape index (κ3) is 4.22. The van der Waals surface area contributed by atoms with E-state index < -0.39 is 6.61 Å². The monoisotopic (exact) mass is 325 g/mol. The van der Waals surface area contributed by atoms with Crippen LogP contribution in [0.3, 0.4) is 0 Å². The van der Waals surface area contributed by atoms with Gasteiger partial charge in [-0.25, -0.2) is 4.68 Å². The van der Waals surface area contributed by atoms with Gasteiger partial charge in [0, 0.05) is 13.1 Å². The van der Waals surface area contributed by atoms with Crippen LogP contribution in [-0.4, -0.2) is 47.6 Å². The minimum atomic E-state index is -2.87. The first kappa shape index (κ1) is 16.8. The molecule has 0 atom stereocenters. The summed E-state index contributed by atoms with van der Waals surface area (Å²) in [5.41, 5.74) is 1.36. The van der Waals surface area contributed by atoms with E-state index in [4.69, 9.17) is 0 Å². The first-order valence-corrected chi connectivity index (χ1v) is 6.93. The Bertz CT molecular complexity index is 658. The van der Waals surface area contributed by atoms with Gasteiger partial charge in [0.25, 0.3) is 5.91 Å². The predicted octanol–water partition coefficient (Wildman–Crippen LogP) is 1.13. The molecular formula is C14H17F2N5O2. The third-order valence-corrected chi connectivity index (χ3v) is 3.08. The van der Waals surface area contributed by atoms with E-state index in [1.54, 1.807) is 26.1 Å². The molecule has 2 N–H and O–H groups in total. The molecule has 0 spiro atoms. The molecule has 2 aromatic rings. The van der Waals surface area contributed by atoms with Crippen molar-refractivity contribution in [3.8, 4) is 11.4 Å². The van der Waals surface area contributed by atoms with Crippen LogP contribution in [0.1, 0.15) is 16.2 Å². The lowest BCUT2D eigenvalue weighted by Crippen LogP contribution is -2.31. The Hall–Kier alpha value is -2.55. The number of alkyl halides is 2. The largest absolute Gasteiger partial charge is 0.435 e. The molecule has 0 fully saturated rings. The van der Waals surface area contributed by atoms with Crippen LogP contribution in [0.5, 0.6) is 5.75 Å². The molecule has 0 saturated heterocycles. The van der Waals surface area contributed by atoms with Crippen LogP contribution in [0.2, 0.25) is 0 Å². The van der Waals surface area contributed by atoms with Crippen molar-refractivity contribution in [3.63, 3.8) is 0 Å². The Labute approximate surface area is 131 Å². The summed E-state index contributed by atoms with van der Waals surface area (Å²) in [4.78, 5) is 12.0. The Morgan fingerprint density at radius 2 is 2.00 bits per heavy atom. The summed E-state index contributed by atoms with van der Waals surface area (Å²) < 4.78 is 30.0. The molecule has 0 radical (unpaired) electrons. The van der Waals surface area contributed by atoms with Crippen molar-refractivity contribution in [2.75, 3.05) is 20.1 Å². The van der Waals surface area contributed by atoms with Crippen molar-refractivity contribution >= 4 is 5.91 Å². The first-order chi connectivity index (χ1) is 11.0. The van der Waals surface area contributed by atoms with E-state index in [0.29, 0.717) is 24.5 Å². The molecule has 2 rings (SSSR count).